The monoisotopic (exact) mass is 1500 g/mol. The molecule has 5 aliphatic heterocycles. The van der Waals surface area contributed by atoms with Crippen LogP contribution in [0.3, 0.4) is 0 Å². The minimum atomic E-state index is -2.98. The Hall–Kier alpha value is -2.93. The van der Waals surface area contributed by atoms with Crippen LogP contribution in [-0.4, -0.2) is 321 Å². The second-order valence-electron chi connectivity index (χ2n) is 28.6. The highest BCUT2D eigenvalue weighted by atomic mass is 16.8. The smallest absolute Gasteiger partial charge is 0.364 e. The zero-order chi connectivity index (χ0) is 76.5. The number of aliphatic hydroxyl groups excluding tert-OH is 17. The second kappa shape index (κ2) is 48.7. The van der Waals surface area contributed by atoms with Crippen molar-refractivity contribution in [2.45, 2.75) is 378 Å². The van der Waals surface area contributed by atoms with E-state index in [1.54, 1.807) is 6.08 Å². The molecule has 5 aliphatic rings. The number of amides is 2. The van der Waals surface area contributed by atoms with Gasteiger partial charge in [-0.25, -0.2) is 4.79 Å². The van der Waals surface area contributed by atoms with Crippen LogP contribution < -0.4 is 10.6 Å². The largest absolute Gasteiger partial charge is 0.477 e. The molecule has 2 amide bonds. The highest BCUT2D eigenvalue weighted by molar-refractivity contribution is 5.76. The van der Waals surface area contributed by atoms with Gasteiger partial charge in [0.2, 0.25) is 11.8 Å². The van der Waals surface area contributed by atoms with Gasteiger partial charge < -0.3 is 150 Å². The van der Waals surface area contributed by atoms with E-state index >= 15 is 0 Å². The third kappa shape index (κ3) is 28.1. The van der Waals surface area contributed by atoms with Crippen molar-refractivity contribution in [1.82, 2.24) is 10.6 Å². The molecule has 33 nitrogen and oxygen atoms in total. The molecule has 0 spiro atoms. The van der Waals surface area contributed by atoms with Gasteiger partial charge in [0.25, 0.3) is 5.79 Å². The summed E-state index contributed by atoms with van der Waals surface area (Å²) in [7, 11) is 0. The summed E-state index contributed by atoms with van der Waals surface area (Å²) in [6, 6.07) is -2.90. The Morgan fingerprint density at radius 1 is 0.510 bits per heavy atom. The number of carboxylic acids is 1. The fourth-order valence-corrected chi connectivity index (χ4v) is 13.8. The van der Waals surface area contributed by atoms with Gasteiger partial charge in [-0.3, -0.25) is 9.59 Å². The van der Waals surface area contributed by atoms with Gasteiger partial charge in [0.05, 0.1) is 57.9 Å². The number of rotatable bonds is 51. The van der Waals surface area contributed by atoms with Crippen molar-refractivity contribution in [3.05, 3.63) is 12.2 Å². The number of aliphatic carboxylic acids is 1. The quantitative estimate of drug-likeness (QED) is 0.0252. The predicted octanol–water partition coefficient (Wildman–Crippen LogP) is -1.19. The van der Waals surface area contributed by atoms with Crippen LogP contribution in [0.2, 0.25) is 0 Å². The minimum Gasteiger partial charge on any atom is -0.477 e. The molecule has 10 unspecified atom stereocenters. The maximum absolute atomic E-state index is 13.5. The summed E-state index contributed by atoms with van der Waals surface area (Å²) in [5.41, 5.74) is 0. The summed E-state index contributed by atoms with van der Waals surface area (Å²) < 4.78 is 58.1. The molecular weight excluding hydrogens is 1380 g/mol. The van der Waals surface area contributed by atoms with Crippen molar-refractivity contribution >= 4 is 17.8 Å². The van der Waals surface area contributed by atoms with E-state index in [9.17, 15) is 106 Å². The Morgan fingerprint density at radius 2 is 0.971 bits per heavy atom. The lowest BCUT2D eigenvalue weighted by Gasteiger charge is -2.50. The SMILES string of the molecule is CCCCCCCCCCCCC/C=C/[C@@H](O)[C@H](CO[C@@H]1OC(CO)[C@@H](O[C@@H]2OC(CO)[C@H](O)[C@H](O[C@@H]3OC(CO)[C@@H](O[C@@H]4OC(CO[C@]5(C(=O)O)CC(O)[C@@H](O)C([C@H](O)[C@H](O)CO)O5)[C@H](O)[C@H](O)C4O)[C@H](O)C3NC(C)=O)C2O)[C@H](O)C1O)NC(=O)CCCCCCCCCCCCCCCCC. The van der Waals surface area contributed by atoms with E-state index in [-0.39, 0.29) is 12.3 Å². The highest BCUT2D eigenvalue weighted by Gasteiger charge is 2.59. The molecule has 20 N–H and O–H groups in total. The molecule has 104 heavy (non-hydrogen) atoms. The third-order valence-electron chi connectivity index (χ3n) is 20.2. The summed E-state index contributed by atoms with van der Waals surface area (Å²) in [6.45, 7) is -0.235. The number of ether oxygens (including phenoxy) is 10. The first-order valence-corrected chi connectivity index (χ1v) is 38.1. The van der Waals surface area contributed by atoms with Gasteiger partial charge in [0.1, 0.15) is 122 Å². The number of hydrogen-bond acceptors (Lipinski definition) is 30. The van der Waals surface area contributed by atoms with Crippen LogP contribution >= 0.6 is 0 Å². The van der Waals surface area contributed by atoms with Gasteiger partial charge in [-0.1, -0.05) is 180 Å². The van der Waals surface area contributed by atoms with Crippen molar-refractivity contribution < 1.29 is 154 Å². The maximum Gasteiger partial charge on any atom is 0.364 e. The van der Waals surface area contributed by atoms with E-state index in [0.29, 0.717) is 12.8 Å². The molecule has 0 aromatic carbocycles. The molecule has 33 heteroatoms. The summed E-state index contributed by atoms with van der Waals surface area (Å²) in [6.07, 6.45) is -15.6. The van der Waals surface area contributed by atoms with E-state index in [4.69, 9.17) is 47.4 Å². The van der Waals surface area contributed by atoms with E-state index in [0.717, 1.165) is 58.3 Å². The number of carbonyl (C=O) groups excluding carboxylic acids is 2. The summed E-state index contributed by atoms with van der Waals surface area (Å²) in [5.74, 6) is -6.16. The molecule has 0 aromatic rings. The van der Waals surface area contributed by atoms with Gasteiger partial charge in [0, 0.05) is 19.8 Å². The molecular formula is C71H128N2O31. The van der Waals surface area contributed by atoms with E-state index in [1.807, 2.05) is 6.08 Å². The first kappa shape index (κ1) is 91.7. The van der Waals surface area contributed by atoms with Gasteiger partial charge >= 0.3 is 5.97 Å². The Labute approximate surface area is 610 Å². The molecule has 5 saturated heterocycles. The molecule has 0 radical (unpaired) electrons. The molecule has 5 rings (SSSR count). The lowest BCUT2D eigenvalue weighted by molar-refractivity contribution is -0.383. The highest BCUT2D eigenvalue weighted by Crippen LogP contribution is 2.38. The summed E-state index contributed by atoms with van der Waals surface area (Å²) >= 11 is 0. The van der Waals surface area contributed by atoms with Crippen molar-refractivity contribution in [2.75, 3.05) is 39.6 Å². The van der Waals surface area contributed by atoms with Crippen molar-refractivity contribution in [3.63, 3.8) is 0 Å². The molecule has 0 aromatic heterocycles. The number of nitrogens with one attached hydrogen (secondary N) is 2. The zero-order valence-electron chi connectivity index (χ0n) is 60.8. The Kier molecular flexibility index (Phi) is 42.9. The average molecular weight is 1510 g/mol. The van der Waals surface area contributed by atoms with E-state index in [1.165, 1.54) is 109 Å². The molecule has 0 aliphatic carbocycles. The van der Waals surface area contributed by atoms with Crippen LogP contribution in [0.1, 0.15) is 207 Å². The lowest BCUT2D eigenvalue weighted by atomic mass is 9.90. The van der Waals surface area contributed by atoms with Crippen LogP contribution in [0.25, 0.3) is 0 Å². The van der Waals surface area contributed by atoms with Gasteiger partial charge in [-0.2, -0.15) is 0 Å². The first-order chi connectivity index (χ1) is 49.8. The number of allylic oxidation sites excluding steroid dienone is 1. The Balaban J connectivity index is 1.22. The van der Waals surface area contributed by atoms with Crippen LogP contribution in [0.5, 0.6) is 0 Å². The fourth-order valence-electron chi connectivity index (χ4n) is 13.8. The van der Waals surface area contributed by atoms with Crippen LogP contribution in [-0.2, 0) is 61.8 Å². The second-order valence-corrected chi connectivity index (χ2v) is 28.6. The van der Waals surface area contributed by atoms with Crippen LogP contribution in [0, 0.1) is 0 Å². The maximum atomic E-state index is 13.5. The van der Waals surface area contributed by atoms with Crippen molar-refractivity contribution in [3.8, 4) is 0 Å². The lowest BCUT2D eigenvalue weighted by Crippen LogP contribution is -2.70. The molecule has 5 fully saturated rings. The Morgan fingerprint density at radius 3 is 1.48 bits per heavy atom. The minimum absolute atomic E-state index is 0.178. The average Bonchev–Trinajstić information content (AvgIpc) is 0.774. The molecule has 5 heterocycles. The number of hydrogen-bond donors (Lipinski definition) is 20. The molecule has 0 bridgehead atoms. The van der Waals surface area contributed by atoms with E-state index < -0.39 is 229 Å². The van der Waals surface area contributed by atoms with Crippen LogP contribution in [0.15, 0.2) is 12.2 Å². The number of aliphatic hydroxyl groups is 17. The summed E-state index contributed by atoms with van der Waals surface area (Å²) in [5, 5.41) is 202. The molecule has 28 atom stereocenters. The van der Waals surface area contributed by atoms with E-state index in [2.05, 4.69) is 24.5 Å². The number of unbranched alkanes of at least 4 members (excludes halogenated alkanes) is 25. The van der Waals surface area contributed by atoms with Gasteiger partial charge in [-0.15, -0.1) is 0 Å². The molecule has 608 valence electrons. The topological polar surface area (TPSA) is 532 Å². The summed E-state index contributed by atoms with van der Waals surface area (Å²) in [4.78, 5) is 38.9. The predicted molar refractivity (Wildman–Crippen MR) is 367 cm³/mol. The third-order valence-corrected chi connectivity index (χ3v) is 20.2. The van der Waals surface area contributed by atoms with Crippen LogP contribution in [0.4, 0.5) is 0 Å². The van der Waals surface area contributed by atoms with Gasteiger partial charge in [0.15, 0.2) is 25.2 Å². The first-order valence-electron chi connectivity index (χ1n) is 38.1. The van der Waals surface area contributed by atoms with Crippen molar-refractivity contribution in [1.29, 1.82) is 0 Å². The normalized spacial score (nSPS) is 35.3. The standard InChI is InChI=1S/C71H128N2O31/c1-4-6-8-10-12-14-16-18-19-21-23-25-27-29-31-33-50(82)73-42(43(79)32-30-28-26-24-22-20-17-15-13-11-9-7-5-2)39-95-67-60(91)58(89)63(48(38-77)99-67)102-69-61(92)64(55(86)46(36-75)97-69)103-66-51(72-41(3)78)56(87)62(47(37-76)98-66)101-68-59(90)57(88)54(85)49(100-68)40-96-71(70(93)94)34-44(80)52(83)65(104-71)53(84)45(81)35-74/h30,32,42-49,51-69,74-77,79-81,83-92H,4-29,31,33-40H2,1-3H3,(H,72,78)(H,73,82)(H,93,94)/b32-30+/t42-,43+,44?,45+,46?,47?,48?,49?,51?,52+,53+,54-,55-,56+,57-,58+,59?,60?,61?,62+,63+,64-,65?,66-,67+,68-,69-,71+/m0/s1. The molecule has 0 saturated carbocycles. The van der Waals surface area contributed by atoms with Gasteiger partial charge in [-0.05, 0) is 19.3 Å². The Bertz CT molecular complexity index is 2380. The number of carbonyl (C=O) groups is 3. The zero-order valence-corrected chi connectivity index (χ0v) is 60.8. The fraction of sp³-hybridized carbons (Fsp3) is 0.930. The number of carboxylic acid groups (broad SMARTS) is 1. The van der Waals surface area contributed by atoms with Crippen molar-refractivity contribution in [2.24, 2.45) is 0 Å².